The minimum absolute atomic E-state index is 0.0646. The Labute approximate surface area is 93.0 Å². The molecule has 0 bridgehead atoms. The number of hydrogen-bond acceptors (Lipinski definition) is 4. The maximum Gasteiger partial charge on any atom is 0.192 e. The predicted octanol–water partition coefficient (Wildman–Crippen LogP) is 2.50. The molecule has 3 nitrogen and oxygen atoms in total. The fraction of sp³-hybridized carbons (Fsp3) is 0.364. The van der Waals surface area contributed by atoms with Gasteiger partial charge in [0.15, 0.2) is 11.5 Å². The van der Waals surface area contributed by atoms with E-state index < -0.39 is 0 Å². The fourth-order valence-electron chi connectivity index (χ4n) is 1.56. The van der Waals surface area contributed by atoms with E-state index in [0.717, 1.165) is 22.4 Å². The van der Waals surface area contributed by atoms with Crippen LogP contribution in [0, 0.1) is 6.92 Å². The first-order valence-electron chi connectivity index (χ1n) is 4.82. The van der Waals surface area contributed by atoms with Gasteiger partial charge in [-0.1, -0.05) is 6.07 Å². The molecule has 1 atom stereocenters. The normalized spacial score (nSPS) is 13.3. The summed E-state index contributed by atoms with van der Waals surface area (Å²) in [6.45, 7) is 1.85. The lowest BCUT2D eigenvalue weighted by molar-refractivity contribution is 0.560. The molecule has 0 amide bonds. The molecule has 0 aliphatic heterocycles. The van der Waals surface area contributed by atoms with E-state index in [-0.39, 0.29) is 6.04 Å². The molecule has 2 N–H and O–H groups in total. The third-order valence-corrected chi connectivity index (χ3v) is 2.99. The van der Waals surface area contributed by atoms with Crippen molar-refractivity contribution in [2.75, 3.05) is 12.0 Å². The van der Waals surface area contributed by atoms with Crippen LogP contribution in [-0.4, -0.2) is 17.0 Å². The lowest BCUT2D eigenvalue weighted by Gasteiger charge is -2.09. The molecule has 1 unspecified atom stereocenters. The number of rotatable bonds is 3. The van der Waals surface area contributed by atoms with E-state index in [1.807, 2.05) is 25.1 Å². The van der Waals surface area contributed by atoms with Crippen molar-refractivity contribution in [2.24, 2.45) is 5.73 Å². The van der Waals surface area contributed by atoms with E-state index in [4.69, 9.17) is 10.2 Å². The van der Waals surface area contributed by atoms with Crippen LogP contribution in [0.3, 0.4) is 0 Å². The fourth-order valence-corrected chi connectivity index (χ4v) is 2.11. The molecule has 0 spiro atoms. The zero-order valence-corrected chi connectivity index (χ0v) is 9.67. The van der Waals surface area contributed by atoms with Crippen molar-refractivity contribution < 1.29 is 4.42 Å². The second kappa shape index (κ2) is 4.24. The zero-order valence-electron chi connectivity index (χ0n) is 8.86. The van der Waals surface area contributed by atoms with Gasteiger partial charge in [0.2, 0.25) is 0 Å². The van der Waals surface area contributed by atoms with Gasteiger partial charge in [-0.25, -0.2) is 4.98 Å². The molecule has 0 radical (unpaired) electrons. The molecule has 4 heteroatoms. The molecule has 0 aliphatic rings. The van der Waals surface area contributed by atoms with Crippen LogP contribution in [0.25, 0.3) is 11.1 Å². The molecule has 0 fully saturated rings. The second-order valence-electron chi connectivity index (χ2n) is 3.52. The largest absolute Gasteiger partial charge is 0.441 e. The van der Waals surface area contributed by atoms with Crippen molar-refractivity contribution in [1.82, 2.24) is 4.98 Å². The van der Waals surface area contributed by atoms with Crippen molar-refractivity contribution in [3.05, 3.63) is 29.7 Å². The van der Waals surface area contributed by atoms with Crippen LogP contribution < -0.4 is 5.73 Å². The molecule has 2 aromatic rings. The molecular formula is C11H14N2OS. The first kappa shape index (κ1) is 10.5. The molecular weight excluding hydrogens is 208 g/mol. The van der Waals surface area contributed by atoms with Crippen LogP contribution in [0.1, 0.15) is 17.5 Å². The average molecular weight is 222 g/mol. The maximum absolute atomic E-state index is 6.02. The predicted molar refractivity (Wildman–Crippen MR) is 64.1 cm³/mol. The van der Waals surface area contributed by atoms with E-state index in [1.165, 1.54) is 0 Å². The topological polar surface area (TPSA) is 52.0 Å². The number of fused-ring (bicyclic) bond motifs is 1. The summed E-state index contributed by atoms with van der Waals surface area (Å²) in [5.41, 5.74) is 8.84. The summed E-state index contributed by atoms with van der Waals surface area (Å²) in [7, 11) is 0. The van der Waals surface area contributed by atoms with Gasteiger partial charge in [-0.05, 0) is 24.0 Å². The summed E-state index contributed by atoms with van der Waals surface area (Å²) < 4.78 is 5.46. The Balaban J connectivity index is 2.37. The van der Waals surface area contributed by atoms with Crippen molar-refractivity contribution in [2.45, 2.75) is 13.0 Å². The lowest BCUT2D eigenvalue weighted by Crippen LogP contribution is -2.12. The number of nitrogens with two attached hydrogens (primary N) is 1. The van der Waals surface area contributed by atoms with E-state index in [1.54, 1.807) is 11.8 Å². The van der Waals surface area contributed by atoms with Crippen LogP contribution >= 0.6 is 11.8 Å². The number of aryl methyl sites for hydroxylation is 1. The maximum atomic E-state index is 6.02. The van der Waals surface area contributed by atoms with Gasteiger partial charge in [-0.2, -0.15) is 11.8 Å². The van der Waals surface area contributed by atoms with Crippen LogP contribution in [0.4, 0.5) is 0 Å². The summed E-state index contributed by atoms with van der Waals surface area (Å²) >= 11 is 1.74. The number of thioether (sulfide) groups is 1. The molecule has 2 rings (SSSR count). The first-order chi connectivity index (χ1) is 7.20. The summed E-state index contributed by atoms with van der Waals surface area (Å²) in [6, 6.07) is 6.03. The number of oxazole rings is 1. The Kier molecular flexibility index (Phi) is 2.98. The van der Waals surface area contributed by atoms with Crippen molar-refractivity contribution >= 4 is 22.9 Å². The highest BCUT2D eigenvalue weighted by Crippen LogP contribution is 2.21. The molecule has 1 aromatic carbocycles. The highest BCUT2D eigenvalue weighted by atomic mass is 32.2. The van der Waals surface area contributed by atoms with Gasteiger partial charge in [-0.3, -0.25) is 0 Å². The monoisotopic (exact) mass is 222 g/mol. The Hall–Kier alpha value is -1.00. The molecule has 15 heavy (non-hydrogen) atoms. The molecule has 80 valence electrons. The Morgan fingerprint density at radius 2 is 2.33 bits per heavy atom. The molecule has 0 aliphatic carbocycles. The minimum Gasteiger partial charge on any atom is -0.441 e. The van der Waals surface area contributed by atoms with Crippen molar-refractivity contribution in [1.29, 1.82) is 0 Å². The number of nitrogens with zero attached hydrogens (tertiary/aromatic N) is 1. The highest BCUT2D eigenvalue weighted by molar-refractivity contribution is 7.98. The summed E-state index contributed by atoms with van der Waals surface area (Å²) in [5.74, 6) is 1.61. The van der Waals surface area contributed by atoms with Gasteiger partial charge in [0, 0.05) is 18.7 Å². The summed E-state index contributed by atoms with van der Waals surface area (Å²) in [6.07, 6.45) is 2.05. The van der Waals surface area contributed by atoms with Gasteiger partial charge in [0.1, 0.15) is 5.52 Å². The molecule has 0 saturated heterocycles. The number of benzene rings is 1. The molecule has 1 heterocycles. The second-order valence-corrected chi connectivity index (χ2v) is 4.43. The Morgan fingerprint density at radius 1 is 1.53 bits per heavy atom. The van der Waals surface area contributed by atoms with Gasteiger partial charge < -0.3 is 10.2 Å². The SMILES string of the molecule is CSCC(N)c1ccc2nc(C)oc2c1. The van der Waals surface area contributed by atoms with E-state index in [2.05, 4.69) is 11.2 Å². The van der Waals surface area contributed by atoms with E-state index in [0.29, 0.717) is 5.89 Å². The highest BCUT2D eigenvalue weighted by Gasteiger charge is 2.08. The number of aromatic nitrogens is 1. The molecule has 1 aromatic heterocycles. The van der Waals surface area contributed by atoms with Gasteiger partial charge in [0.05, 0.1) is 0 Å². The van der Waals surface area contributed by atoms with E-state index in [9.17, 15) is 0 Å². The number of hydrogen-bond donors (Lipinski definition) is 1. The standard InChI is InChI=1S/C11H14N2OS/c1-7-13-10-4-3-8(5-11(10)14-7)9(12)6-15-2/h3-5,9H,6,12H2,1-2H3. The quantitative estimate of drug-likeness (QED) is 0.867. The Bertz CT molecular complexity index is 467. The summed E-state index contributed by atoms with van der Waals surface area (Å²) in [5, 5.41) is 0. The van der Waals surface area contributed by atoms with Crippen LogP contribution in [0.5, 0.6) is 0 Å². The summed E-state index contributed by atoms with van der Waals surface area (Å²) in [4.78, 5) is 4.25. The minimum atomic E-state index is 0.0646. The molecule has 0 saturated carbocycles. The van der Waals surface area contributed by atoms with Crippen molar-refractivity contribution in [3.8, 4) is 0 Å². The third kappa shape index (κ3) is 2.16. The zero-order chi connectivity index (χ0) is 10.8. The van der Waals surface area contributed by atoms with E-state index >= 15 is 0 Å². The lowest BCUT2D eigenvalue weighted by atomic mass is 10.1. The van der Waals surface area contributed by atoms with Gasteiger partial charge >= 0.3 is 0 Å². The van der Waals surface area contributed by atoms with Gasteiger partial charge in [-0.15, -0.1) is 0 Å². The van der Waals surface area contributed by atoms with Crippen LogP contribution in [-0.2, 0) is 0 Å². The van der Waals surface area contributed by atoms with Gasteiger partial charge in [0.25, 0.3) is 0 Å². The average Bonchev–Trinajstić information content (AvgIpc) is 2.57. The van der Waals surface area contributed by atoms with Crippen molar-refractivity contribution in [3.63, 3.8) is 0 Å². The van der Waals surface area contributed by atoms with Crippen LogP contribution in [0.15, 0.2) is 22.6 Å². The Morgan fingerprint density at radius 3 is 3.07 bits per heavy atom. The first-order valence-corrected chi connectivity index (χ1v) is 6.21. The third-order valence-electron chi connectivity index (χ3n) is 2.29. The smallest absolute Gasteiger partial charge is 0.192 e. The van der Waals surface area contributed by atoms with Crippen LogP contribution in [0.2, 0.25) is 0 Å².